The SMILES string of the molecule is CN1CCC(CNC2CCN(CC(F)(F)F)CC2)C1. The summed E-state index contributed by atoms with van der Waals surface area (Å²) in [5.74, 6) is 0.707. The standard InChI is InChI=1S/C13H24F3N3/c1-18-5-2-11(9-18)8-17-12-3-6-19(7-4-12)10-13(14,15)16/h11-12,17H,2-10H2,1H3. The molecule has 112 valence electrons. The maximum atomic E-state index is 12.3. The van der Waals surface area contributed by atoms with Gasteiger partial charge in [0, 0.05) is 12.6 Å². The predicted molar refractivity (Wildman–Crippen MR) is 69.1 cm³/mol. The fourth-order valence-electron chi connectivity index (χ4n) is 3.08. The summed E-state index contributed by atoms with van der Waals surface area (Å²) < 4.78 is 36.8. The molecule has 0 aliphatic carbocycles. The normalized spacial score (nSPS) is 28.1. The van der Waals surface area contributed by atoms with E-state index < -0.39 is 12.7 Å². The van der Waals surface area contributed by atoms with Crippen molar-refractivity contribution in [2.24, 2.45) is 5.92 Å². The van der Waals surface area contributed by atoms with Gasteiger partial charge in [-0.2, -0.15) is 13.2 Å². The van der Waals surface area contributed by atoms with Gasteiger partial charge in [-0.15, -0.1) is 0 Å². The highest BCUT2D eigenvalue weighted by atomic mass is 19.4. The average Bonchev–Trinajstić information content (AvgIpc) is 2.72. The van der Waals surface area contributed by atoms with Gasteiger partial charge in [0.1, 0.15) is 0 Å². The second-order valence-corrected chi connectivity index (χ2v) is 5.99. The molecule has 2 rings (SSSR count). The Labute approximate surface area is 113 Å². The number of hydrogen-bond acceptors (Lipinski definition) is 3. The van der Waals surface area contributed by atoms with Crippen molar-refractivity contribution in [3.05, 3.63) is 0 Å². The minimum atomic E-state index is -4.06. The topological polar surface area (TPSA) is 18.5 Å². The Hall–Kier alpha value is -0.330. The van der Waals surface area contributed by atoms with Crippen LogP contribution in [0.2, 0.25) is 0 Å². The van der Waals surface area contributed by atoms with Gasteiger partial charge in [-0.25, -0.2) is 0 Å². The van der Waals surface area contributed by atoms with Gasteiger partial charge in [0.25, 0.3) is 0 Å². The van der Waals surface area contributed by atoms with Crippen molar-refractivity contribution < 1.29 is 13.2 Å². The molecule has 2 aliphatic heterocycles. The molecule has 0 amide bonds. The fourth-order valence-corrected chi connectivity index (χ4v) is 3.08. The molecule has 0 bridgehead atoms. The molecule has 0 saturated carbocycles. The molecule has 6 heteroatoms. The van der Waals surface area contributed by atoms with Crippen LogP contribution in [0.4, 0.5) is 13.2 Å². The van der Waals surface area contributed by atoms with Crippen LogP contribution < -0.4 is 5.32 Å². The molecule has 2 aliphatic rings. The van der Waals surface area contributed by atoms with Crippen LogP contribution in [0.1, 0.15) is 19.3 Å². The van der Waals surface area contributed by atoms with Gasteiger partial charge in [0.2, 0.25) is 0 Å². The maximum Gasteiger partial charge on any atom is 0.401 e. The number of rotatable bonds is 4. The van der Waals surface area contributed by atoms with Crippen LogP contribution in [-0.2, 0) is 0 Å². The lowest BCUT2D eigenvalue weighted by atomic mass is 10.0. The first-order valence-corrected chi connectivity index (χ1v) is 7.13. The largest absolute Gasteiger partial charge is 0.401 e. The van der Waals surface area contributed by atoms with Gasteiger partial charge >= 0.3 is 6.18 Å². The zero-order valence-electron chi connectivity index (χ0n) is 11.5. The summed E-state index contributed by atoms with van der Waals surface area (Å²) in [5, 5.41) is 3.53. The van der Waals surface area contributed by atoms with Crippen LogP contribution in [0.3, 0.4) is 0 Å². The van der Waals surface area contributed by atoms with Gasteiger partial charge in [-0.05, 0) is 58.4 Å². The van der Waals surface area contributed by atoms with Crippen LogP contribution in [0.25, 0.3) is 0 Å². The van der Waals surface area contributed by atoms with Crippen molar-refractivity contribution in [2.45, 2.75) is 31.5 Å². The third-order valence-corrected chi connectivity index (χ3v) is 4.17. The van der Waals surface area contributed by atoms with Crippen molar-refractivity contribution in [3.8, 4) is 0 Å². The van der Waals surface area contributed by atoms with E-state index in [0.717, 1.165) is 32.5 Å². The molecule has 0 spiro atoms. The Balaban J connectivity index is 1.61. The molecule has 2 saturated heterocycles. The van der Waals surface area contributed by atoms with Crippen molar-refractivity contribution in [1.29, 1.82) is 0 Å². The summed E-state index contributed by atoms with van der Waals surface area (Å²) in [6.07, 6.45) is -1.16. The summed E-state index contributed by atoms with van der Waals surface area (Å²) in [6.45, 7) is 3.67. The van der Waals surface area contributed by atoms with E-state index >= 15 is 0 Å². The molecule has 1 unspecified atom stereocenters. The van der Waals surface area contributed by atoms with Crippen molar-refractivity contribution in [2.75, 3.05) is 46.3 Å². The lowest BCUT2D eigenvalue weighted by Gasteiger charge is -2.33. The molecule has 1 atom stereocenters. The Morgan fingerprint density at radius 1 is 1.11 bits per heavy atom. The van der Waals surface area contributed by atoms with E-state index in [1.54, 1.807) is 0 Å². The van der Waals surface area contributed by atoms with E-state index in [1.807, 2.05) is 0 Å². The van der Waals surface area contributed by atoms with Crippen molar-refractivity contribution in [1.82, 2.24) is 15.1 Å². The van der Waals surface area contributed by atoms with Gasteiger partial charge in [-0.1, -0.05) is 0 Å². The molecule has 0 aromatic heterocycles. The zero-order valence-corrected chi connectivity index (χ0v) is 11.5. The fraction of sp³-hybridized carbons (Fsp3) is 1.00. The number of halogens is 3. The average molecular weight is 279 g/mol. The molecular weight excluding hydrogens is 255 g/mol. The Kier molecular flexibility index (Phi) is 5.09. The minimum absolute atomic E-state index is 0.399. The van der Waals surface area contributed by atoms with Crippen LogP contribution in [0.15, 0.2) is 0 Å². The molecule has 1 N–H and O–H groups in total. The Bertz CT molecular complexity index is 275. The van der Waals surface area contributed by atoms with E-state index in [1.165, 1.54) is 11.3 Å². The number of piperidine rings is 1. The first-order valence-electron chi connectivity index (χ1n) is 7.13. The number of likely N-dealkylation sites (tertiary alicyclic amines) is 2. The molecule has 2 fully saturated rings. The van der Waals surface area contributed by atoms with Crippen molar-refractivity contribution >= 4 is 0 Å². The number of hydrogen-bond donors (Lipinski definition) is 1. The number of alkyl halides is 3. The van der Waals surface area contributed by atoms with E-state index in [9.17, 15) is 13.2 Å². The molecule has 0 aromatic rings. The summed E-state index contributed by atoms with van der Waals surface area (Å²) in [4.78, 5) is 3.85. The Morgan fingerprint density at radius 2 is 1.79 bits per heavy atom. The van der Waals surface area contributed by atoms with E-state index in [0.29, 0.717) is 25.0 Å². The highest BCUT2D eigenvalue weighted by molar-refractivity contribution is 4.81. The molecular formula is C13H24F3N3. The number of nitrogens with one attached hydrogen (secondary N) is 1. The summed E-state index contributed by atoms with van der Waals surface area (Å²) in [5.41, 5.74) is 0. The maximum absolute atomic E-state index is 12.3. The van der Waals surface area contributed by atoms with E-state index in [2.05, 4.69) is 17.3 Å². The van der Waals surface area contributed by atoms with Crippen LogP contribution in [-0.4, -0.2) is 68.3 Å². The molecule has 3 nitrogen and oxygen atoms in total. The van der Waals surface area contributed by atoms with Gasteiger partial charge in [0.05, 0.1) is 6.54 Å². The minimum Gasteiger partial charge on any atom is -0.314 e. The summed E-state index contributed by atoms with van der Waals surface area (Å²) in [7, 11) is 2.13. The molecule has 0 radical (unpaired) electrons. The van der Waals surface area contributed by atoms with E-state index in [4.69, 9.17) is 0 Å². The van der Waals surface area contributed by atoms with Gasteiger partial charge in [-0.3, -0.25) is 4.90 Å². The van der Waals surface area contributed by atoms with Gasteiger partial charge in [0.15, 0.2) is 0 Å². The monoisotopic (exact) mass is 279 g/mol. The lowest BCUT2D eigenvalue weighted by Crippen LogP contribution is -2.46. The first-order chi connectivity index (χ1) is 8.92. The van der Waals surface area contributed by atoms with Gasteiger partial charge < -0.3 is 10.2 Å². The zero-order chi connectivity index (χ0) is 13.9. The Morgan fingerprint density at radius 3 is 2.32 bits per heavy atom. The van der Waals surface area contributed by atoms with Crippen LogP contribution >= 0.6 is 0 Å². The smallest absolute Gasteiger partial charge is 0.314 e. The lowest BCUT2D eigenvalue weighted by molar-refractivity contribution is -0.148. The molecule has 2 heterocycles. The quantitative estimate of drug-likeness (QED) is 0.842. The third-order valence-electron chi connectivity index (χ3n) is 4.17. The van der Waals surface area contributed by atoms with Crippen molar-refractivity contribution in [3.63, 3.8) is 0 Å². The summed E-state index contributed by atoms with van der Waals surface area (Å²) >= 11 is 0. The molecule has 19 heavy (non-hydrogen) atoms. The predicted octanol–water partition coefficient (Wildman–Crippen LogP) is 1.55. The second kappa shape index (κ2) is 6.41. The highest BCUT2D eigenvalue weighted by Crippen LogP contribution is 2.20. The first kappa shape index (κ1) is 15.1. The number of nitrogens with zero attached hydrogens (tertiary/aromatic N) is 2. The second-order valence-electron chi connectivity index (χ2n) is 5.99. The molecule has 0 aromatic carbocycles. The van der Waals surface area contributed by atoms with E-state index in [-0.39, 0.29) is 0 Å². The summed E-state index contributed by atoms with van der Waals surface area (Å²) in [6, 6.07) is 0.399. The highest BCUT2D eigenvalue weighted by Gasteiger charge is 2.32. The van der Waals surface area contributed by atoms with Crippen LogP contribution in [0.5, 0.6) is 0 Å². The third kappa shape index (κ3) is 5.28. The van der Waals surface area contributed by atoms with Crippen LogP contribution in [0, 0.1) is 5.92 Å².